The third kappa shape index (κ3) is 3.43. The summed E-state index contributed by atoms with van der Waals surface area (Å²) >= 11 is 1.86. The zero-order chi connectivity index (χ0) is 29.9. The van der Waals surface area contributed by atoms with Crippen molar-refractivity contribution in [2.24, 2.45) is 4.99 Å². The van der Waals surface area contributed by atoms with Crippen molar-refractivity contribution in [1.82, 2.24) is 9.88 Å². The topological polar surface area (TPSA) is 29.3 Å². The lowest BCUT2D eigenvalue weighted by Gasteiger charge is -2.34. The van der Waals surface area contributed by atoms with Crippen LogP contribution in [0.1, 0.15) is 36.7 Å². The van der Waals surface area contributed by atoms with Crippen LogP contribution in [0, 0.1) is 0 Å². The average molecular weight is 596 g/mol. The second kappa shape index (κ2) is 8.93. The molecule has 1 aliphatic heterocycles. The molecule has 1 unspecified atom stereocenters. The maximum atomic E-state index is 5.64. The Hall–Kier alpha value is -5.19. The van der Waals surface area contributed by atoms with Crippen molar-refractivity contribution in [2.45, 2.75) is 25.4 Å². The van der Waals surface area contributed by atoms with Gasteiger partial charge in [-0.1, -0.05) is 111 Å². The van der Waals surface area contributed by atoms with Gasteiger partial charge in [-0.2, -0.15) is 0 Å². The summed E-state index contributed by atoms with van der Waals surface area (Å²) in [6.07, 6.45) is -0.201. The molecule has 3 nitrogen and oxygen atoms in total. The third-order valence-electron chi connectivity index (χ3n) is 10.00. The summed E-state index contributed by atoms with van der Waals surface area (Å²) in [6.45, 7) is 4.64. The van der Waals surface area contributed by atoms with Gasteiger partial charge in [0.2, 0.25) is 0 Å². The summed E-state index contributed by atoms with van der Waals surface area (Å²) in [5.74, 6) is 0. The van der Waals surface area contributed by atoms with E-state index >= 15 is 0 Å². The molecule has 0 spiro atoms. The van der Waals surface area contributed by atoms with Gasteiger partial charge in [0.1, 0.15) is 6.17 Å². The highest BCUT2D eigenvalue weighted by molar-refractivity contribution is 7.25. The Morgan fingerprint density at radius 1 is 0.644 bits per heavy atom. The number of rotatable bonds is 2. The summed E-state index contributed by atoms with van der Waals surface area (Å²) in [6, 6.07) is 46.6. The quantitative estimate of drug-likeness (QED) is 0.212. The molecule has 4 heteroatoms. The number of fused-ring (bicyclic) bond motifs is 9. The molecule has 1 N–H and O–H groups in total. The highest BCUT2D eigenvalue weighted by Crippen LogP contribution is 2.49. The summed E-state index contributed by atoms with van der Waals surface area (Å²) < 4.78 is 5.10. The summed E-state index contributed by atoms with van der Waals surface area (Å²) in [4.78, 5) is 5.64. The van der Waals surface area contributed by atoms with Gasteiger partial charge in [0.25, 0.3) is 0 Å². The molecular weight excluding hydrogens is 567 g/mol. The number of hydrogen-bond acceptors (Lipinski definition) is 3. The van der Waals surface area contributed by atoms with E-state index in [9.17, 15) is 0 Å². The standard InChI is InChI=1S/C41H29N3S/c1-41(2)32-16-8-5-15-30(32)38-39(41)43-40(37(42-38)26-19-20-29-28-14-7-10-18-35(28)45-36(29)23-26)44-33-17-9-6-13-27(33)31-21-24-11-3-4-12-25(24)22-34(31)44/h3-23,40,43H,1-2H3. The maximum Gasteiger partial charge on any atom is 0.148 e. The summed E-state index contributed by atoms with van der Waals surface area (Å²) in [7, 11) is 0. The molecule has 6 aromatic carbocycles. The molecule has 8 aromatic rings. The smallest absolute Gasteiger partial charge is 0.148 e. The van der Waals surface area contributed by atoms with Crippen LogP contribution in [0.4, 0.5) is 0 Å². The van der Waals surface area contributed by atoms with Gasteiger partial charge in [-0.15, -0.1) is 11.3 Å². The first-order valence-electron chi connectivity index (χ1n) is 15.6. The first kappa shape index (κ1) is 25.2. The van der Waals surface area contributed by atoms with Crippen LogP contribution in [0.15, 0.2) is 138 Å². The van der Waals surface area contributed by atoms with Crippen LogP contribution in [0.25, 0.3) is 58.4 Å². The van der Waals surface area contributed by atoms with Gasteiger partial charge in [-0.25, -0.2) is 4.99 Å². The van der Waals surface area contributed by atoms with E-state index in [0.717, 1.165) is 17.0 Å². The minimum absolute atomic E-state index is 0.194. The van der Waals surface area contributed by atoms with E-state index < -0.39 is 0 Å². The molecule has 0 radical (unpaired) electrons. The van der Waals surface area contributed by atoms with Gasteiger partial charge in [0, 0.05) is 53.2 Å². The molecule has 1 atom stereocenters. The van der Waals surface area contributed by atoms with Crippen LogP contribution in [0.3, 0.4) is 0 Å². The molecule has 10 rings (SSSR count). The number of aliphatic imine (C=N–C) groups is 1. The average Bonchev–Trinajstić information content (AvgIpc) is 3.68. The molecule has 45 heavy (non-hydrogen) atoms. The zero-order valence-electron chi connectivity index (χ0n) is 25.0. The van der Waals surface area contributed by atoms with Crippen molar-refractivity contribution < 1.29 is 0 Å². The SMILES string of the molecule is CC1(C)C2=C(N=C(c3ccc4c(c3)sc3ccccc34)C(n3c4ccccc4c4cc5ccccc5cc43)N2)c2ccccc21. The van der Waals surface area contributed by atoms with Crippen molar-refractivity contribution >= 4 is 75.5 Å². The fraction of sp³-hybridized carbons (Fsp3) is 0.0976. The van der Waals surface area contributed by atoms with Gasteiger partial charge in [0.05, 0.1) is 22.4 Å². The van der Waals surface area contributed by atoms with Crippen LogP contribution in [-0.4, -0.2) is 10.3 Å². The predicted octanol–water partition coefficient (Wildman–Crippen LogP) is 10.6. The van der Waals surface area contributed by atoms with Gasteiger partial charge < -0.3 is 9.88 Å². The van der Waals surface area contributed by atoms with E-state index in [1.165, 1.54) is 69.6 Å². The van der Waals surface area contributed by atoms with E-state index in [0.29, 0.717) is 0 Å². The lowest BCUT2D eigenvalue weighted by Crippen LogP contribution is -2.40. The van der Waals surface area contributed by atoms with Crippen LogP contribution in [0.5, 0.6) is 0 Å². The van der Waals surface area contributed by atoms with Crippen molar-refractivity contribution in [1.29, 1.82) is 0 Å². The molecular formula is C41H29N3S. The fourth-order valence-electron chi connectivity index (χ4n) is 7.81. The van der Waals surface area contributed by atoms with Crippen LogP contribution < -0.4 is 5.32 Å². The van der Waals surface area contributed by atoms with E-state index in [2.05, 4.69) is 151 Å². The van der Waals surface area contributed by atoms with Gasteiger partial charge in [0.15, 0.2) is 0 Å². The molecule has 3 heterocycles. The van der Waals surface area contributed by atoms with Crippen molar-refractivity contribution in [3.05, 3.63) is 150 Å². The lowest BCUT2D eigenvalue weighted by atomic mass is 9.84. The fourth-order valence-corrected chi connectivity index (χ4v) is 8.95. The van der Waals surface area contributed by atoms with E-state index in [4.69, 9.17) is 4.99 Å². The number of benzene rings is 6. The molecule has 0 saturated heterocycles. The molecule has 0 fully saturated rings. The normalized spacial score (nSPS) is 17.3. The predicted molar refractivity (Wildman–Crippen MR) is 191 cm³/mol. The molecule has 2 aromatic heterocycles. The lowest BCUT2D eigenvalue weighted by molar-refractivity contribution is 0.503. The highest BCUT2D eigenvalue weighted by atomic mass is 32.1. The number of nitrogens with zero attached hydrogens (tertiary/aromatic N) is 2. The largest absolute Gasteiger partial charge is 0.361 e. The first-order valence-corrected chi connectivity index (χ1v) is 16.4. The number of aromatic nitrogens is 1. The summed E-state index contributed by atoms with van der Waals surface area (Å²) in [5, 5.41) is 11.8. The highest BCUT2D eigenvalue weighted by Gasteiger charge is 2.43. The Morgan fingerprint density at radius 3 is 2.24 bits per heavy atom. The molecule has 2 aliphatic rings. The minimum Gasteiger partial charge on any atom is -0.361 e. The van der Waals surface area contributed by atoms with Crippen LogP contribution in [-0.2, 0) is 5.41 Å². The van der Waals surface area contributed by atoms with Gasteiger partial charge >= 0.3 is 0 Å². The minimum atomic E-state index is -0.201. The third-order valence-corrected chi connectivity index (χ3v) is 11.1. The molecule has 214 valence electrons. The van der Waals surface area contributed by atoms with Crippen molar-refractivity contribution in [2.75, 3.05) is 0 Å². The van der Waals surface area contributed by atoms with E-state index in [1.54, 1.807) is 0 Å². The number of hydrogen-bond donors (Lipinski definition) is 1. The number of para-hydroxylation sites is 1. The van der Waals surface area contributed by atoms with Crippen molar-refractivity contribution in [3.63, 3.8) is 0 Å². The Bertz CT molecular complexity index is 2610. The van der Waals surface area contributed by atoms with Crippen LogP contribution >= 0.6 is 11.3 Å². The number of thiophene rings is 1. The second-order valence-corrected chi connectivity index (χ2v) is 13.9. The van der Waals surface area contributed by atoms with E-state index in [1.807, 2.05) is 11.3 Å². The molecule has 0 saturated carbocycles. The molecule has 0 bridgehead atoms. The Balaban J connectivity index is 1.28. The second-order valence-electron chi connectivity index (χ2n) is 12.9. The number of nitrogens with one attached hydrogen (secondary N) is 1. The van der Waals surface area contributed by atoms with Crippen molar-refractivity contribution in [3.8, 4) is 0 Å². The molecule has 0 amide bonds. The van der Waals surface area contributed by atoms with Crippen LogP contribution in [0.2, 0.25) is 0 Å². The summed E-state index contributed by atoms with van der Waals surface area (Å²) in [5.41, 5.74) is 9.19. The number of allylic oxidation sites excluding steroid dienone is 1. The van der Waals surface area contributed by atoms with E-state index in [-0.39, 0.29) is 11.6 Å². The Morgan fingerprint density at radius 2 is 1.36 bits per heavy atom. The molecule has 1 aliphatic carbocycles. The van der Waals surface area contributed by atoms with Gasteiger partial charge in [-0.05, 0) is 46.7 Å². The monoisotopic (exact) mass is 595 g/mol. The zero-order valence-corrected chi connectivity index (χ0v) is 25.8. The Labute approximate surface area is 264 Å². The van der Waals surface area contributed by atoms with Gasteiger partial charge in [-0.3, -0.25) is 0 Å². The maximum absolute atomic E-state index is 5.64. The Kier molecular flexibility index (Phi) is 5.00. The first-order chi connectivity index (χ1) is 22.1.